The number of ketones is 1. The van der Waals surface area contributed by atoms with E-state index in [2.05, 4.69) is 26.6 Å². The van der Waals surface area contributed by atoms with Gasteiger partial charge in [-0.25, -0.2) is 0 Å². The lowest BCUT2D eigenvalue weighted by molar-refractivity contribution is 0.102. The minimum atomic E-state index is -0.209. The summed E-state index contributed by atoms with van der Waals surface area (Å²) in [4.78, 5) is 35.4. The second-order valence-corrected chi connectivity index (χ2v) is 12.0. The van der Waals surface area contributed by atoms with Crippen molar-refractivity contribution in [1.29, 1.82) is 0 Å². The van der Waals surface area contributed by atoms with Gasteiger partial charge in [-0.15, -0.1) is 11.3 Å². The van der Waals surface area contributed by atoms with Crippen molar-refractivity contribution in [2.45, 2.75) is 24.5 Å². The molecule has 0 aliphatic carbocycles. The summed E-state index contributed by atoms with van der Waals surface area (Å²) in [5.41, 5.74) is 3.77. The van der Waals surface area contributed by atoms with E-state index in [1.807, 2.05) is 72.8 Å². The first-order valence-corrected chi connectivity index (χ1v) is 15.1. The van der Waals surface area contributed by atoms with Gasteiger partial charge in [0, 0.05) is 40.8 Å². The average molecular weight is 572 g/mol. The zero-order valence-corrected chi connectivity index (χ0v) is 23.6. The first-order chi connectivity index (χ1) is 19.1. The van der Waals surface area contributed by atoms with Crippen LogP contribution in [0.1, 0.15) is 26.4 Å². The second kappa shape index (κ2) is 11.5. The molecule has 1 aliphatic heterocycles. The van der Waals surface area contributed by atoms with Gasteiger partial charge >= 0.3 is 0 Å². The first kappa shape index (κ1) is 26.0. The Morgan fingerprint density at radius 1 is 0.974 bits per heavy atom. The topological polar surface area (TPSA) is 55.2 Å². The molecule has 6 rings (SSSR count). The molecule has 8 heteroatoms. The SMILES string of the molecule is O=C(CSc1nc(=O)c2c3c(sc2n1-c1ccccc1)CN(CCc1ccc(Cl)cc1)CC3)c1ccccc1. The minimum Gasteiger partial charge on any atom is -0.298 e. The van der Waals surface area contributed by atoms with Gasteiger partial charge in [0.1, 0.15) is 4.83 Å². The van der Waals surface area contributed by atoms with Crippen LogP contribution in [0, 0.1) is 0 Å². The van der Waals surface area contributed by atoms with E-state index in [1.165, 1.54) is 22.2 Å². The summed E-state index contributed by atoms with van der Waals surface area (Å²) in [7, 11) is 0. The van der Waals surface area contributed by atoms with Gasteiger partial charge in [0.05, 0.1) is 11.1 Å². The Bertz CT molecular complexity index is 1680. The number of thiophene rings is 1. The number of carbonyl (C=O) groups is 1. The lowest BCUT2D eigenvalue weighted by Crippen LogP contribution is -2.31. The normalized spacial score (nSPS) is 13.5. The van der Waals surface area contributed by atoms with Gasteiger partial charge in [-0.05, 0) is 48.2 Å². The smallest absolute Gasteiger partial charge is 0.282 e. The van der Waals surface area contributed by atoms with Gasteiger partial charge < -0.3 is 0 Å². The van der Waals surface area contributed by atoms with Gasteiger partial charge in [-0.1, -0.05) is 84.0 Å². The molecule has 0 atom stereocenters. The summed E-state index contributed by atoms with van der Waals surface area (Å²) in [5, 5.41) is 2.01. The largest absolute Gasteiger partial charge is 0.298 e. The molecule has 39 heavy (non-hydrogen) atoms. The summed E-state index contributed by atoms with van der Waals surface area (Å²) in [6.07, 6.45) is 1.77. The van der Waals surface area contributed by atoms with Crippen LogP contribution in [0.5, 0.6) is 0 Å². The van der Waals surface area contributed by atoms with E-state index in [0.29, 0.717) is 10.7 Å². The van der Waals surface area contributed by atoms with E-state index < -0.39 is 0 Å². The third-order valence-electron chi connectivity index (χ3n) is 7.00. The number of aromatic nitrogens is 2. The van der Waals surface area contributed by atoms with Crippen LogP contribution in [0.4, 0.5) is 0 Å². The summed E-state index contributed by atoms with van der Waals surface area (Å²) in [6, 6.07) is 27.2. The summed E-state index contributed by atoms with van der Waals surface area (Å²) in [5.74, 6) is 0.217. The van der Waals surface area contributed by atoms with Gasteiger partial charge in [0.25, 0.3) is 5.56 Å². The van der Waals surface area contributed by atoms with Crippen molar-refractivity contribution in [3.63, 3.8) is 0 Å². The molecule has 0 saturated heterocycles. The number of nitrogens with zero attached hydrogens (tertiary/aromatic N) is 3. The maximum Gasteiger partial charge on any atom is 0.282 e. The molecule has 5 nitrogen and oxygen atoms in total. The molecule has 0 amide bonds. The Hall–Kier alpha value is -3.23. The van der Waals surface area contributed by atoms with Crippen molar-refractivity contribution in [2.75, 3.05) is 18.8 Å². The molecule has 0 unspecified atom stereocenters. The van der Waals surface area contributed by atoms with E-state index in [1.54, 1.807) is 11.3 Å². The Kier molecular flexibility index (Phi) is 7.66. The molecule has 0 bridgehead atoms. The number of Topliss-reactive ketones (excluding diaryl/α,β-unsaturated/α-hetero) is 1. The minimum absolute atomic E-state index is 0.0105. The molecule has 3 aromatic carbocycles. The zero-order chi connectivity index (χ0) is 26.8. The van der Waals surface area contributed by atoms with Gasteiger partial charge in [-0.3, -0.25) is 19.1 Å². The number of carbonyl (C=O) groups excluding carboxylic acids is 1. The van der Waals surface area contributed by atoms with Crippen molar-refractivity contribution in [3.8, 4) is 5.69 Å². The predicted molar refractivity (Wildman–Crippen MR) is 161 cm³/mol. The maximum atomic E-state index is 13.4. The van der Waals surface area contributed by atoms with E-state index in [-0.39, 0.29) is 17.1 Å². The van der Waals surface area contributed by atoms with Crippen molar-refractivity contribution in [3.05, 3.63) is 122 Å². The number of benzene rings is 3. The number of hydrogen-bond donors (Lipinski definition) is 0. The zero-order valence-electron chi connectivity index (χ0n) is 21.2. The van der Waals surface area contributed by atoms with Gasteiger partial charge in [0.15, 0.2) is 10.9 Å². The lowest BCUT2D eigenvalue weighted by Gasteiger charge is -2.26. The summed E-state index contributed by atoms with van der Waals surface area (Å²) >= 11 is 9.03. The van der Waals surface area contributed by atoms with Crippen LogP contribution in [-0.4, -0.2) is 39.1 Å². The lowest BCUT2D eigenvalue weighted by atomic mass is 10.0. The monoisotopic (exact) mass is 571 g/mol. The van der Waals surface area contributed by atoms with Crippen molar-refractivity contribution >= 4 is 50.7 Å². The fourth-order valence-corrected chi connectivity index (χ4v) is 7.46. The standard InChI is InChI=1S/C31H26ClN3O2S2/c32-23-13-11-21(12-14-23)15-17-34-18-16-25-27(19-34)39-30-28(25)29(37)33-31(35(30)24-9-5-2-6-10-24)38-20-26(36)22-7-3-1-4-8-22/h1-14H,15-20H2. The van der Waals surface area contributed by atoms with Crippen LogP contribution >= 0.6 is 34.7 Å². The molecular formula is C31H26ClN3O2S2. The molecule has 0 N–H and O–H groups in total. The maximum absolute atomic E-state index is 13.4. The fourth-order valence-electron chi connectivity index (χ4n) is 4.97. The molecule has 0 fully saturated rings. The van der Waals surface area contributed by atoms with Crippen LogP contribution in [0.2, 0.25) is 5.02 Å². The number of halogens is 1. The molecule has 2 aromatic heterocycles. The van der Waals surface area contributed by atoms with Crippen molar-refractivity contribution in [2.24, 2.45) is 0 Å². The highest BCUT2D eigenvalue weighted by molar-refractivity contribution is 7.99. The highest BCUT2D eigenvalue weighted by Crippen LogP contribution is 2.36. The molecule has 5 aromatic rings. The molecule has 196 valence electrons. The third-order valence-corrected chi connectivity index (χ3v) is 9.39. The van der Waals surface area contributed by atoms with Gasteiger partial charge in [-0.2, -0.15) is 4.98 Å². The van der Waals surface area contributed by atoms with E-state index >= 15 is 0 Å². The van der Waals surface area contributed by atoms with Crippen LogP contribution in [0.25, 0.3) is 15.9 Å². The van der Waals surface area contributed by atoms with Crippen molar-refractivity contribution in [1.82, 2.24) is 14.5 Å². The van der Waals surface area contributed by atoms with E-state index in [4.69, 9.17) is 11.6 Å². The predicted octanol–water partition coefficient (Wildman–Crippen LogP) is 6.68. The van der Waals surface area contributed by atoms with E-state index in [0.717, 1.165) is 59.0 Å². The van der Waals surface area contributed by atoms with Crippen LogP contribution in [0.3, 0.4) is 0 Å². The number of thioether (sulfide) groups is 1. The number of rotatable bonds is 8. The first-order valence-electron chi connectivity index (χ1n) is 12.9. The van der Waals surface area contributed by atoms with Gasteiger partial charge in [0.2, 0.25) is 0 Å². The Morgan fingerprint density at radius 3 is 2.44 bits per heavy atom. The highest BCUT2D eigenvalue weighted by atomic mass is 35.5. The molecule has 0 radical (unpaired) electrons. The van der Waals surface area contributed by atoms with Crippen LogP contribution < -0.4 is 5.56 Å². The fraction of sp³-hybridized carbons (Fsp3) is 0.194. The molecule has 1 aliphatic rings. The summed E-state index contributed by atoms with van der Waals surface area (Å²) in [6.45, 7) is 2.66. The third kappa shape index (κ3) is 5.58. The van der Waals surface area contributed by atoms with Crippen LogP contribution in [-0.2, 0) is 19.4 Å². The van der Waals surface area contributed by atoms with E-state index in [9.17, 15) is 9.59 Å². The van der Waals surface area contributed by atoms with Crippen molar-refractivity contribution < 1.29 is 4.79 Å². The summed E-state index contributed by atoms with van der Waals surface area (Å²) < 4.78 is 2.06. The molecule has 0 spiro atoms. The average Bonchev–Trinajstić information content (AvgIpc) is 3.35. The molecule has 3 heterocycles. The Labute approximate surface area is 240 Å². The number of para-hydroxylation sites is 1. The number of fused-ring (bicyclic) bond motifs is 3. The molecular weight excluding hydrogens is 546 g/mol. The second-order valence-electron chi connectivity index (χ2n) is 9.53. The Balaban J connectivity index is 1.32. The van der Waals surface area contributed by atoms with Crippen LogP contribution in [0.15, 0.2) is 94.9 Å². The molecule has 0 saturated carbocycles. The quantitative estimate of drug-likeness (QED) is 0.118. The Morgan fingerprint density at radius 2 is 1.69 bits per heavy atom. The highest BCUT2D eigenvalue weighted by Gasteiger charge is 2.26. The number of hydrogen-bond acceptors (Lipinski definition) is 6.